The quantitative estimate of drug-likeness (QED) is 0.721. The van der Waals surface area contributed by atoms with Crippen molar-refractivity contribution in [1.82, 2.24) is 9.97 Å². The van der Waals surface area contributed by atoms with Crippen molar-refractivity contribution in [3.63, 3.8) is 0 Å². The maximum Gasteiger partial charge on any atom is 0.213 e. The number of aryl methyl sites for hydroxylation is 1. The number of aromatic amines is 1. The zero-order chi connectivity index (χ0) is 13.4. The molecule has 2 aromatic heterocycles. The largest absolute Gasteiger partial charge is 0.359 e. The predicted molar refractivity (Wildman–Crippen MR) is 75.7 cm³/mol. The van der Waals surface area contributed by atoms with Crippen LogP contribution in [0.2, 0.25) is 5.02 Å². The number of H-pyrrole nitrogens is 1. The van der Waals surface area contributed by atoms with Crippen LogP contribution in [0, 0.1) is 6.92 Å². The molecule has 3 rings (SSSR count). The van der Waals surface area contributed by atoms with E-state index >= 15 is 0 Å². The van der Waals surface area contributed by atoms with Gasteiger partial charge in [0.05, 0.1) is 10.5 Å². The highest BCUT2D eigenvalue weighted by Gasteiger charge is 2.16. The van der Waals surface area contributed by atoms with E-state index in [0.717, 1.165) is 16.6 Å². The van der Waals surface area contributed by atoms with Crippen LogP contribution in [-0.2, 0) is 0 Å². The fourth-order valence-corrected chi connectivity index (χ4v) is 2.34. The van der Waals surface area contributed by atoms with Gasteiger partial charge in [0.2, 0.25) is 5.78 Å². The van der Waals surface area contributed by atoms with Crippen LogP contribution in [0.1, 0.15) is 21.7 Å². The lowest BCUT2D eigenvalue weighted by Gasteiger charge is -2.00. The highest BCUT2D eigenvalue weighted by molar-refractivity contribution is 6.35. The molecule has 0 aliphatic carbocycles. The van der Waals surface area contributed by atoms with Crippen LogP contribution >= 0.6 is 11.6 Å². The van der Waals surface area contributed by atoms with Gasteiger partial charge in [-0.15, -0.1) is 0 Å². The predicted octanol–water partition coefficient (Wildman–Crippen LogP) is 3.76. The SMILES string of the molecule is Cc1cccc(C(=O)c2c[nH]c3c(Cl)cccc23)n1. The van der Waals surface area contributed by atoms with Crippen LogP contribution in [-0.4, -0.2) is 15.8 Å². The third-order valence-electron chi connectivity index (χ3n) is 3.03. The van der Waals surface area contributed by atoms with E-state index in [9.17, 15) is 4.79 Å². The Morgan fingerprint density at radius 1 is 1.21 bits per heavy atom. The third-order valence-corrected chi connectivity index (χ3v) is 3.35. The minimum atomic E-state index is -0.0998. The first kappa shape index (κ1) is 11.9. The van der Waals surface area contributed by atoms with Crippen LogP contribution in [0.4, 0.5) is 0 Å². The van der Waals surface area contributed by atoms with Gasteiger partial charge < -0.3 is 4.98 Å². The van der Waals surface area contributed by atoms with Crippen molar-refractivity contribution < 1.29 is 4.79 Å². The summed E-state index contributed by atoms with van der Waals surface area (Å²) in [6, 6.07) is 10.9. The van der Waals surface area contributed by atoms with Gasteiger partial charge in [-0.3, -0.25) is 4.79 Å². The Morgan fingerprint density at radius 3 is 2.79 bits per heavy atom. The van der Waals surface area contributed by atoms with Crippen LogP contribution in [0.3, 0.4) is 0 Å². The van der Waals surface area contributed by atoms with Gasteiger partial charge >= 0.3 is 0 Å². The monoisotopic (exact) mass is 270 g/mol. The molecule has 0 aliphatic rings. The zero-order valence-electron chi connectivity index (χ0n) is 10.3. The summed E-state index contributed by atoms with van der Waals surface area (Å²) in [7, 11) is 0. The second kappa shape index (κ2) is 4.52. The lowest BCUT2D eigenvalue weighted by Crippen LogP contribution is -2.03. The molecule has 94 valence electrons. The maximum absolute atomic E-state index is 12.5. The van der Waals surface area contributed by atoms with Gasteiger partial charge in [0.1, 0.15) is 5.69 Å². The molecule has 0 amide bonds. The summed E-state index contributed by atoms with van der Waals surface area (Å²) in [5, 5.41) is 1.43. The summed E-state index contributed by atoms with van der Waals surface area (Å²) in [4.78, 5) is 19.8. The molecule has 0 radical (unpaired) electrons. The van der Waals surface area contributed by atoms with Crippen molar-refractivity contribution in [2.24, 2.45) is 0 Å². The molecule has 19 heavy (non-hydrogen) atoms. The van der Waals surface area contributed by atoms with Gasteiger partial charge in [-0.25, -0.2) is 4.98 Å². The number of carbonyl (C=O) groups is 1. The molecule has 0 saturated carbocycles. The normalized spacial score (nSPS) is 10.8. The van der Waals surface area contributed by atoms with E-state index in [4.69, 9.17) is 11.6 Å². The number of fused-ring (bicyclic) bond motifs is 1. The van der Waals surface area contributed by atoms with E-state index < -0.39 is 0 Å². The Balaban J connectivity index is 2.15. The minimum Gasteiger partial charge on any atom is -0.359 e. The Labute approximate surface area is 115 Å². The van der Waals surface area contributed by atoms with Crippen LogP contribution < -0.4 is 0 Å². The van der Waals surface area contributed by atoms with Gasteiger partial charge in [-0.2, -0.15) is 0 Å². The molecule has 2 heterocycles. The van der Waals surface area contributed by atoms with E-state index in [1.54, 1.807) is 18.3 Å². The van der Waals surface area contributed by atoms with Crippen molar-refractivity contribution >= 4 is 28.3 Å². The molecule has 0 saturated heterocycles. The number of ketones is 1. The number of halogens is 1. The van der Waals surface area contributed by atoms with E-state index in [1.807, 2.05) is 31.2 Å². The number of nitrogens with zero attached hydrogens (tertiary/aromatic N) is 1. The second-order valence-corrected chi connectivity index (χ2v) is 4.77. The molecular formula is C15H11ClN2O. The smallest absolute Gasteiger partial charge is 0.213 e. The fraction of sp³-hybridized carbons (Fsp3) is 0.0667. The Hall–Kier alpha value is -2.13. The van der Waals surface area contributed by atoms with Gasteiger partial charge in [0.25, 0.3) is 0 Å². The first-order valence-electron chi connectivity index (χ1n) is 5.91. The lowest BCUT2D eigenvalue weighted by atomic mass is 10.1. The summed E-state index contributed by atoms with van der Waals surface area (Å²) in [6.07, 6.45) is 1.68. The number of hydrogen-bond donors (Lipinski definition) is 1. The van der Waals surface area contributed by atoms with E-state index in [0.29, 0.717) is 16.3 Å². The Morgan fingerprint density at radius 2 is 2.00 bits per heavy atom. The molecule has 0 aliphatic heterocycles. The number of nitrogens with one attached hydrogen (secondary N) is 1. The summed E-state index contributed by atoms with van der Waals surface area (Å²) in [5.41, 5.74) is 2.64. The average Bonchev–Trinajstić information content (AvgIpc) is 2.83. The highest BCUT2D eigenvalue weighted by atomic mass is 35.5. The molecule has 0 bridgehead atoms. The third kappa shape index (κ3) is 2.02. The minimum absolute atomic E-state index is 0.0998. The van der Waals surface area contributed by atoms with E-state index in [2.05, 4.69) is 9.97 Å². The molecule has 4 heteroatoms. The van der Waals surface area contributed by atoms with Crippen molar-refractivity contribution in [3.8, 4) is 0 Å². The Kier molecular flexibility index (Phi) is 2.84. The summed E-state index contributed by atoms with van der Waals surface area (Å²) < 4.78 is 0. The van der Waals surface area contributed by atoms with Crippen LogP contribution in [0.25, 0.3) is 10.9 Å². The number of rotatable bonds is 2. The zero-order valence-corrected chi connectivity index (χ0v) is 11.0. The Bertz CT molecular complexity index is 777. The van der Waals surface area contributed by atoms with Gasteiger partial charge in [0.15, 0.2) is 0 Å². The van der Waals surface area contributed by atoms with Crippen molar-refractivity contribution in [2.45, 2.75) is 6.92 Å². The van der Waals surface area contributed by atoms with Gasteiger partial charge in [0, 0.05) is 22.8 Å². The van der Waals surface area contributed by atoms with Crippen molar-refractivity contribution in [3.05, 3.63) is 64.6 Å². The van der Waals surface area contributed by atoms with E-state index in [1.165, 1.54) is 0 Å². The molecule has 3 aromatic rings. The second-order valence-electron chi connectivity index (χ2n) is 4.36. The summed E-state index contributed by atoms with van der Waals surface area (Å²) in [6.45, 7) is 1.86. The summed E-state index contributed by atoms with van der Waals surface area (Å²) in [5.74, 6) is -0.0998. The molecule has 0 atom stereocenters. The number of pyridine rings is 1. The van der Waals surface area contributed by atoms with Crippen molar-refractivity contribution in [2.75, 3.05) is 0 Å². The average molecular weight is 271 g/mol. The molecule has 1 N–H and O–H groups in total. The van der Waals surface area contributed by atoms with Crippen molar-refractivity contribution in [1.29, 1.82) is 0 Å². The molecule has 0 unspecified atom stereocenters. The standard InChI is InChI=1S/C15H11ClN2O/c1-9-4-2-7-13(18-9)15(19)11-8-17-14-10(11)5-3-6-12(14)16/h2-8,17H,1H3. The molecule has 0 spiro atoms. The fourth-order valence-electron chi connectivity index (χ4n) is 2.11. The first-order valence-corrected chi connectivity index (χ1v) is 6.28. The molecule has 3 nitrogen and oxygen atoms in total. The number of benzene rings is 1. The first-order chi connectivity index (χ1) is 9.16. The number of aromatic nitrogens is 2. The van der Waals surface area contributed by atoms with E-state index in [-0.39, 0.29) is 5.78 Å². The lowest BCUT2D eigenvalue weighted by molar-refractivity contribution is 0.103. The maximum atomic E-state index is 12.5. The number of carbonyl (C=O) groups excluding carboxylic acids is 1. The molecular weight excluding hydrogens is 260 g/mol. The van der Waals surface area contributed by atoms with Gasteiger partial charge in [-0.1, -0.05) is 29.8 Å². The number of hydrogen-bond acceptors (Lipinski definition) is 2. The highest BCUT2D eigenvalue weighted by Crippen LogP contribution is 2.26. The molecule has 0 fully saturated rings. The van der Waals surface area contributed by atoms with Crippen LogP contribution in [0.5, 0.6) is 0 Å². The van der Waals surface area contributed by atoms with Gasteiger partial charge in [-0.05, 0) is 25.1 Å². The summed E-state index contributed by atoms with van der Waals surface area (Å²) >= 11 is 6.09. The topological polar surface area (TPSA) is 45.8 Å². The molecule has 1 aromatic carbocycles. The van der Waals surface area contributed by atoms with Crippen LogP contribution in [0.15, 0.2) is 42.6 Å². The number of para-hydroxylation sites is 1.